The minimum absolute atomic E-state index is 0.0974. The molecule has 14 heavy (non-hydrogen) atoms. The minimum Gasteiger partial charge on any atom is -0.506 e. The molecule has 0 fully saturated rings. The monoisotopic (exact) mass is 255 g/mol. The van der Waals surface area contributed by atoms with Crippen LogP contribution in [0.2, 0.25) is 0 Å². The van der Waals surface area contributed by atoms with Gasteiger partial charge in [0.05, 0.1) is 5.56 Å². The van der Waals surface area contributed by atoms with Gasteiger partial charge in [-0.15, -0.1) is 0 Å². The van der Waals surface area contributed by atoms with E-state index in [4.69, 9.17) is 16.7 Å². The van der Waals surface area contributed by atoms with Crippen LogP contribution in [0, 0.1) is 11.3 Å². The summed E-state index contributed by atoms with van der Waals surface area (Å²) in [5.41, 5.74) is 11.8. The van der Waals surface area contributed by atoms with Crippen LogP contribution in [0.3, 0.4) is 0 Å². The van der Waals surface area contributed by atoms with Crippen molar-refractivity contribution in [3.63, 3.8) is 0 Å². The zero-order valence-electron chi connectivity index (χ0n) is 7.37. The molecule has 1 rings (SSSR count). The molecule has 0 spiro atoms. The van der Waals surface area contributed by atoms with Crippen LogP contribution >= 0.6 is 15.9 Å². The zero-order valence-corrected chi connectivity index (χ0v) is 8.95. The van der Waals surface area contributed by atoms with E-state index in [2.05, 4.69) is 15.9 Å². The molecule has 0 amide bonds. The van der Waals surface area contributed by atoms with Crippen molar-refractivity contribution in [1.29, 1.82) is 5.26 Å². The Kier molecular flexibility index (Phi) is 3.47. The average molecular weight is 256 g/mol. The van der Waals surface area contributed by atoms with Crippen molar-refractivity contribution < 1.29 is 5.11 Å². The summed E-state index contributed by atoms with van der Waals surface area (Å²) in [6.07, 6.45) is 0. The van der Waals surface area contributed by atoms with Gasteiger partial charge < -0.3 is 16.6 Å². The van der Waals surface area contributed by atoms with E-state index in [1.165, 1.54) is 6.07 Å². The third kappa shape index (κ3) is 1.87. The van der Waals surface area contributed by atoms with Gasteiger partial charge in [0.25, 0.3) is 0 Å². The van der Waals surface area contributed by atoms with E-state index in [1.54, 1.807) is 6.07 Å². The second-order valence-electron chi connectivity index (χ2n) is 2.81. The van der Waals surface area contributed by atoms with Gasteiger partial charge in [-0.1, -0.05) is 15.9 Å². The number of rotatable bonds is 2. The maximum Gasteiger partial charge on any atom is 0.139 e. The van der Waals surface area contributed by atoms with E-state index in [0.717, 1.165) is 0 Å². The molecule has 0 aliphatic heterocycles. The Bertz CT molecular complexity index is 386. The molecule has 4 nitrogen and oxygen atoms in total. The predicted octanol–water partition coefficient (Wildman–Crippen LogP) is 0.985. The molecule has 1 aromatic carbocycles. The molecule has 0 aliphatic rings. The molecule has 5 heteroatoms. The number of phenolic OH excluding ortho intramolecular Hbond substituents is 1. The van der Waals surface area contributed by atoms with Crippen molar-refractivity contribution in [2.45, 2.75) is 6.04 Å². The summed E-state index contributed by atoms with van der Waals surface area (Å²) in [7, 11) is 0. The summed E-state index contributed by atoms with van der Waals surface area (Å²) in [5.74, 6) is -0.0974. The van der Waals surface area contributed by atoms with Gasteiger partial charge >= 0.3 is 0 Å². The van der Waals surface area contributed by atoms with Crippen molar-refractivity contribution >= 4 is 15.9 Å². The molecule has 74 valence electrons. The van der Waals surface area contributed by atoms with Crippen LogP contribution in [0.1, 0.15) is 17.2 Å². The van der Waals surface area contributed by atoms with Gasteiger partial charge in [0.2, 0.25) is 0 Å². The number of hydrogen-bond acceptors (Lipinski definition) is 4. The van der Waals surface area contributed by atoms with Crippen LogP contribution in [0.5, 0.6) is 5.75 Å². The summed E-state index contributed by atoms with van der Waals surface area (Å²) in [4.78, 5) is 0. The molecule has 1 aromatic rings. The Labute approximate surface area is 90.3 Å². The predicted molar refractivity (Wildman–Crippen MR) is 56.5 cm³/mol. The first-order chi connectivity index (χ1) is 6.61. The maximum absolute atomic E-state index is 9.68. The molecular formula is C9H10BrN3O. The van der Waals surface area contributed by atoms with E-state index in [9.17, 15) is 5.11 Å². The van der Waals surface area contributed by atoms with Crippen molar-refractivity contribution in [2.24, 2.45) is 11.5 Å². The summed E-state index contributed by atoms with van der Waals surface area (Å²) in [6, 6.07) is 4.59. The Morgan fingerprint density at radius 3 is 2.71 bits per heavy atom. The minimum atomic E-state index is -0.474. The highest BCUT2D eigenvalue weighted by Crippen LogP contribution is 2.32. The zero-order chi connectivity index (χ0) is 10.7. The number of benzene rings is 1. The number of aromatic hydroxyl groups is 1. The van der Waals surface area contributed by atoms with Crippen molar-refractivity contribution in [3.05, 3.63) is 27.7 Å². The van der Waals surface area contributed by atoms with Crippen LogP contribution in [0.25, 0.3) is 0 Å². The molecule has 0 unspecified atom stereocenters. The standard InChI is InChI=1S/C9H10BrN3O/c10-6-2-1-5(3-11)9(14)8(6)7(13)4-12/h1-2,7,14H,4,12-13H2/t7-/m0/s1. The van der Waals surface area contributed by atoms with E-state index < -0.39 is 6.04 Å². The van der Waals surface area contributed by atoms with Gasteiger partial charge in [0.15, 0.2) is 0 Å². The van der Waals surface area contributed by atoms with Crippen molar-refractivity contribution in [2.75, 3.05) is 6.54 Å². The van der Waals surface area contributed by atoms with Gasteiger partial charge in [-0.05, 0) is 12.1 Å². The molecule has 0 saturated heterocycles. The van der Waals surface area contributed by atoms with Gasteiger partial charge in [-0.3, -0.25) is 0 Å². The first kappa shape index (κ1) is 11.0. The second-order valence-corrected chi connectivity index (χ2v) is 3.67. The molecule has 0 aromatic heterocycles. The number of phenols is 1. The molecule has 1 atom stereocenters. The topological polar surface area (TPSA) is 96.1 Å². The van der Waals surface area contributed by atoms with Gasteiger partial charge in [0, 0.05) is 22.6 Å². The van der Waals surface area contributed by atoms with Crippen LogP contribution in [-0.4, -0.2) is 11.7 Å². The number of halogens is 1. The smallest absolute Gasteiger partial charge is 0.139 e. The number of hydrogen-bond donors (Lipinski definition) is 3. The van der Waals surface area contributed by atoms with Crippen LogP contribution in [0.4, 0.5) is 0 Å². The quantitative estimate of drug-likeness (QED) is 0.734. The number of nitrogens with zero attached hydrogens (tertiary/aromatic N) is 1. The molecule has 0 aliphatic carbocycles. The molecule has 5 N–H and O–H groups in total. The highest BCUT2D eigenvalue weighted by molar-refractivity contribution is 9.10. The first-order valence-electron chi connectivity index (χ1n) is 3.99. The third-order valence-corrected chi connectivity index (χ3v) is 2.60. The average Bonchev–Trinajstić information content (AvgIpc) is 2.18. The lowest BCUT2D eigenvalue weighted by atomic mass is 10.0. The number of nitriles is 1. The molecule has 0 saturated carbocycles. The summed E-state index contributed by atoms with van der Waals surface area (Å²) < 4.78 is 0.659. The third-order valence-electron chi connectivity index (χ3n) is 1.91. The Morgan fingerprint density at radius 1 is 1.57 bits per heavy atom. The second kappa shape index (κ2) is 4.42. The van der Waals surface area contributed by atoms with Gasteiger partial charge in [-0.2, -0.15) is 5.26 Å². The molecule has 0 radical (unpaired) electrons. The number of nitrogens with two attached hydrogens (primary N) is 2. The molecule has 0 bridgehead atoms. The van der Waals surface area contributed by atoms with E-state index in [1.807, 2.05) is 6.07 Å². The highest BCUT2D eigenvalue weighted by Gasteiger charge is 2.16. The van der Waals surface area contributed by atoms with Gasteiger partial charge in [-0.25, -0.2) is 0 Å². The lowest BCUT2D eigenvalue weighted by molar-refractivity contribution is 0.459. The first-order valence-corrected chi connectivity index (χ1v) is 4.78. The molecule has 0 heterocycles. The SMILES string of the molecule is N#Cc1ccc(Br)c([C@@H](N)CN)c1O. The lowest BCUT2D eigenvalue weighted by Gasteiger charge is -2.13. The summed E-state index contributed by atoms with van der Waals surface area (Å²) in [6.45, 7) is 0.209. The summed E-state index contributed by atoms with van der Waals surface area (Å²) in [5, 5.41) is 18.4. The van der Waals surface area contributed by atoms with Gasteiger partial charge in [0.1, 0.15) is 11.8 Å². The van der Waals surface area contributed by atoms with E-state index >= 15 is 0 Å². The molecular weight excluding hydrogens is 246 g/mol. The van der Waals surface area contributed by atoms with Crippen LogP contribution in [-0.2, 0) is 0 Å². The van der Waals surface area contributed by atoms with Crippen molar-refractivity contribution in [1.82, 2.24) is 0 Å². The fourth-order valence-corrected chi connectivity index (χ4v) is 1.76. The van der Waals surface area contributed by atoms with Crippen LogP contribution in [0.15, 0.2) is 16.6 Å². The maximum atomic E-state index is 9.68. The Hall–Kier alpha value is -1.09. The lowest BCUT2D eigenvalue weighted by Crippen LogP contribution is -2.21. The fraction of sp³-hybridized carbons (Fsp3) is 0.222. The van der Waals surface area contributed by atoms with E-state index in [0.29, 0.717) is 10.0 Å². The normalized spacial score (nSPS) is 12.1. The highest BCUT2D eigenvalue weighted by atomic mass is 79.9. The summed E-state index contributed by atoms with van der Waals surface area (Å²) >= 11 is 3.25. The Morgan fingerprint density at radius 2 is 2.21 bits per heavy atom. The van der Waals surface area contributed by atoms with E-state index in [-0.39, 0.29) is 17.9 Å². The van der Waals surface area contributed by atoms with Crippen LogP contribution < -0.4 is 11.5 Å². The van der Waals surface area contributed by atoms with Crippen molar-refractivity contribution in [3.8, 4) is 11.8 Å². The Balaban J connectivity index is 3.34. The fourth-order valence-electron chi connectivity index (χ4n) is 1.14. The largest absolute Gasteiger partial charge is 0.506 e.